The molecule has 0 atom stereocenters. The van der Waals surface area contributed by atoms with E-state index < -0.39 is 17.4 Å². The molecule has 0 radical (unpaired) electrons. The Bertz CT molecular complexity index is 425. The summed E-state index contributed by atoms with van der Waals surface area (Å²) in [7, 11) is 0. The highest BCUT2D eigenvalue weighted by Crippen LogP contribution is 2.31. The summed E-state index contributed by atoms with van der Waals surface area (Å²) in [6.45, 7) is 0. The molecule has 0 aliphatic heterocycles. The molecule has 0 spiro atoms. The van der Waals surface area contributed by atoms with Crippen LogP contribution in [0.3, 0.4) is 0 Å². The van der Waals surface area contributed by atoms with Gasteiger partial charge in [-0.1, -0.05) is 19.3 Å². The molecule has 0 saturated heterocycles. The van der Waals surface area contributed by atoms with E-state index in [0.29, 0.717) is 12.8 Å². The van der Waals surface area contributed by atoms with Crippen molar-refractivity contribution in [3.05, 3.63) is 5.82 Å². The fraction of sp³-hybridized carbons (Fsp3) is 0.700. The van der Waals surface area contributed by atoms with Crippen molar-refractivity contribution in [2.45, 2.75) is 44.1 Å². The zero-order valence-corrected chi connectivity index (χ0v) is 9.85. The van der Waals surface area contributed by atoms with Crippen molar-refractivity contribution in [2.75, 3.05) is 0 Å². The lowest BCUT2D eigenvalue weighted by atomic mass is 9.79. The van der Waals surface area contributed by atoms with Crippen LogP contribution in [-0.2, 0) is 4.79 Å². The molecule has 1 heterocycles. The molecule has 0 aromatic carbocycles. The number of nitrogens with zero attached hydrogens (tertiary/aromatic N) is 3. The zero-order valence-electron chi connectivity index (χ0n) is 9.85. The summed E-state index contributed by atoms with van der Waals surface area (Å²) >= 11 is 0. The van der Waals surface area contributed by atoms with Crippen LogP contribution in [-0.4, -0.2) is 43.1 Å². The number of nitrogens with one attached hydrogen (secondary N) is 2. The number of tetrazole rings is 1. The molecule has 3 N–H and O–H groups in total. The highest BCUT2D eigenvalue weighted by Gasteiger charge is 2.36. The smallest absolute Gasteiger partial charge is 0.305 e. The normalized spacial score (nSPS) is 18.2. The molecule has 0 unspecified atom stereocenters. The lowest BCUT2D eigenvalue weighted by Gasteiger charge is -2.36. The van der Waals surface area contributed by atoms with Crippen LogP contribution in [0.2, 0.25) is 0 Å². The zero-order chi connectivity index (χ0) is 13.0. The fourth-order valence-electron chi connectivity index (χ4n) is 2.42. The Morgan fingerprint density at radius 3 is 2.61 bits per heavy atom. The van der Waals surface area contributed by atoms with Crippen LogP contribution in [0.1, 0.15) is 49.1 Å². The van der Waals surface area contributed by atoms with Crippen LogP contribution in [0.15, 0.2) is 0 Å². The molecule has 8 heteroatoms. The molecule has 1 aliphatic carbocycles. The molecule has 2 rings (SSSR count). The quantitative estimate of drug-likeness (QED) is 0.700. The minimum atomic E-state index is -0.912. The van der Waals surface area contributed by atoms with Gasteiger partial charge in [-0.3, -0.25) is 9.59 Å². The molecule has 1 aliphatic rings. The number of aromatic nitrogens is 4. The lowest BCUT2D eigenvalue weighted by Crippen LogP contribution is -2.51. The fourth-order valence-corrected chi connectivity index (χ4v) is 2.42. The third-order valence-electron chi connectivity index (χ3n) is 3.23. The Balaban J connectivity index is 2.09. The first-order valence-electron chi connectivity index (χ1n) is 5.89. The number of carboxylic acids is 1. The van der Waals surface area contributed by atoms with E-state index in [-0.39, 0.29) is 12.2 Å². The number of H-pyrrole nitrogens is 1. The van der Waals surface area contributed by atoms with Crippen molar-refractivity contribution in [3.63, 3.8) is 0 Å². The first-order chi connectivity index (χ1) is 8.61. The highest BCUT2D eigenvalue weighted by atomic mass is 16.4. The molecular formula is C10H15N5O3. The number of carbonyl (C=O) groups is 2. The summed E-state index contributed by atoms with van der Waals surface area (Å²) in [5, 5.41) is 24.4. The van der Waals surface area contributed by atoms with Gasteiger partial charge in [-0.05, 0) is 18.1 Å². The Kier molecular flexibility index (Phi) is 3.54. The SMILES string of the molecule is O=C(O)CC1(NC(=O)c2nn[nH]n2)CCCCC1. The number of hydrogen-bond donors (Lipinski definition) is 3. The largest absolute Gasteiger partial charge is 0.481 e. The average molecular weight is 253 g/mol. The first kappa shape index (κ1) is 12.5. The van der Waals surface area contributed by atoms with Crippen molar-refractivity contribution in [1.29, 1.82) is 0 Å². The van der Waals surface area contributed by atoms with Crippen molar-refractivity contribution >= 4 is 11.9 Å². The number of carbonyl (C=O) groups excluding carboxylic acids is 1. The summed E-state index contributed by atoms with van der Waals surface area (Å²) in [5.41, 5.74) is -0.679. The van der Waals surface area contributed by atoms with Crippen LogP contribution in [0.25, 0.3) is 0 Å². The predicted molar refractivity (Wildman–Crippen MR) is 59.7 cm³/mol. The molecule has 1 aromatic heterocycles. The molecular weight excluding hydrogens is 238 g/mol. The molecule has 98 valence electrons. The molecule has 8 nitrogen and oxygen atoms in total. The van der Waals surface area contributed by atoms with Gasteiger partial charge in [0.1, 0.15) is 0 Å². The number of carboxylic acid groups (broad SMARTS) is 1. The molecule has 1 aromatic rings. The molecule has 1 fully saturated rings. The maximum Gasteiger partial charge on any atom is 0.305 e. The van der Waals surface area contributed by atoms with Gasteiger partial charge in [0.2, 0.25) is 0 Å². The van der Waals surface area contributed by atoms with E-state index in [9.17, 15) is 9.59 Å². The van der Waals surface area contributed by atoms with Crippen LogP contribution < -0.4 is 5.32 Å². The number of amides is 1. The van der Waals surface area contributed by atoms with Gasteiger partial charge in [0.05, 0.1) is 12.0 Å². The predicted octanol–water partition coefficient (Wildman–Crippen LogP) is 0.107. The summed E-state index contributed by atoms with van der Waals surface area (Å²) in [5.74, 6) is -1.46. The molecule has 18 heavy (non-hydrogen) atoms. The monoisotopic (exact) mass is 253 g/mol. The van der Waals surface area contributed by atoms with E-state index in [1.54, 1.807) is 0 Å². The van der Waals surface area contributed by atoms with Gasteiger partial charge in [0.25, 0.3) is 11.7 Å². The number of hydrogen-bond acceptors (Lipinski definition) is 5. The van der Waals surface area contributed by atoms with Gasteiger partial charge < -0.3 is 10.4 Å². The van der Waals surface area contributed by atoms with Crippen molar-refractivity contribution in [3.8, 4) is 0 Å². The molecule has 1 saturated carbocycles. The second-order valence-electron chi connectivity index (χ2n) is 4.60. The summed E-state index contributed by atoms with van der Waals surface area (Å²) in [6, 6.07) is 0. The lowest BCUT2D eigenvalue weighted by molar-refractivity contribution is -0.139. The Labute approximate surface area is 103 Å². The van der Waals surface area contributed by atoms with Crippen LogP contribution in [0, 0.1) is 0 Å². The van der Waals surface area contributed by atoms with E-state index in [0.717, 1.165) is 19.3 Å². The van der Waals surface area contributed by atoms with E-state index in [2.05, 4.69) is 25.9 Å². The van der Waals surface area contributed by atoms with E-state index >= 15 is 0 Å². The topological polar surface area (TPSA) is 121 Å². The molecule has 1 amide bonds. The Morgan fingerprint density at radius 2 is 2.06 bits per heavy atom. The summed E-state index contributed by atoms with van der Waals surface area (Å²) < 4.78 is 0. The average Bonchev–Trinajstić information content (AvgIpc) is 2.82. The van der Waals surface area contributed by atoms with Crippen LogP contribution in [0.4, 0.5) is 0 Å². The second kappa shape index (κ2) is 5.11. The van der Waals surface area contributed by atoms with Gasteiger partial charge in [0.15, 0.2) is 0 Å². The maximum absolute atomic E-state index is 11.9. The maximum atomic E-state index is 11.9. The van der Waals surface area contributed by atoms with Gasteiger partial charge in [-0.2, -0.15) is 5.21 Å². The Hall–Kier alpha value is -1.99. The first-order valence-corrected chi connectivity index (χ1v) is 5.89. The highest BCUT2D eigenvalue weighted by molar-refractivity contribution is 5.91. The number of rotatable bonds is 4. The number of aromatic amines is 1. The summed E-state index contributed by atoms with van der Waals surface area (Å²) in [4.78, 5) is 22.8. The minimum absolute atomic E-state index is 0.0645. The second-order valence-corrected chi connectivity index (χ2v) is 4.60. The number of aliphatic carboxylic acids is 1. The van der Waals surface area contributed by atoms with Crippen LogP contribution >= 0.6 is 0 Å². The van der Waals surface area contributed by atoms with E-state index in [4.69, 9.17) is 5.11 Å². The third-order valence-corrected chi connectivity index (χ3v) is 3.23. The van der Waals surface area contributed by atoms with Gasteiger partial charge >= 0.3 is 5.97 Å². The molecule has 0 bridgehead atoms. The van der Waals surface area contributed by atoms with E-state index in [1.165, 1.54) is 0 Å². The van der Waals surface area contributed by atoms with Gasteiger partial charge in [-0.25, -0.2) is 0 Å². The standard InChI is InChI=1S/C10H15N5O3/c16-7(17)6-10(4-2-1-3-5-10)11-9(18)8-12-14-15-13-8/h1-6H2,(H,11,18)(H,16,17)(H,12,13,14,15). The third kappa shape index (κ3) is 2.82. The van der Waals surface area contributed by atoms with Gasteiger partial charge in [0, 0.05) is 0 Å². The van der Waals surface area contributed by atoms with Crippen molar-refractivity contribution < 1.29 is 14.7 Å². The minimum Gasteiger partial charge on any atom is -0.481 e. The van der Waals surface area contributed by atoms with E-state index in [1.807, 2.05) is 0 Å². The van der Waals surface area contributed by atoms with Gasteiger partial charge in [-0.15, -0.1) is 10.2 Å². The summed E-state index contributed by atoms with van der Waals surface area (Å²) in [6.07, 6.45) is 4.17. The Morgan fingerprint density at radius 1 is 1.33 bits per heavy atom. The van der Waals surface area contributed by atoms with Crippen LogP contribution in [0.5, 0.6) is 0 Å². The van der Waals surface area contributed by atoms with Crippen molar-refractivity contribution in [2.24, 2.45) is 0 Å². The van der Waals surface area contributed by atoms with Crippen molar-refractivity contribution in [1.82, 2.24) is 25.9 Å².